The van der Waals surface area contributed by atoms with Gasteiger partial charge >= 0.3 is 0 Å². The van der Waals surface area contributed by atoms with Crippen LogP contribution >= 0.6 is 0 Å². The van der Waals surface area contributed by atoms with Crippen LogP contribution in [0.15, 0.2) is 24.3 Å². The number of likely N-dealkylation sites (tertiary alicyclic amines) is 2. The minimum Gasteiger partial charge on any atom is -0.497 e. The molecule has 0 radical (unpaired) electrons. The van der Waals surface area contributed by atoms with Gasteiger partial charge in [-0.15, -0.1) is 0 Å². The van der Waals surface area contributed by atoms with Gasteiger partial charge in [-0.05, 0) is 37.0 Å². The molecule has 3 heterocycles. The predicted octanol–water partition coefficient (Wildman–Crippen LogP) is 2.07. The standard InChI is InChI=1S/C21H30N2O4/c1-25-18-6-4-5-17(11-18)13-22-15-21(16-22)12-19(7-10-27-21)26-14-20(24)23-8-2-3-9-23/h4-6,11,19H,2-3,7-10,12-16H2,1H3. The van der Waals surface area contributed by atoms with Crippen molar-refractivity contribution in [2.45, 2.75) is 43.9 Å². The molecule has 3 aliphatic rings. The molecule has 0 aromatic heterocycles. The third-order valence-corrected chi connectivity index (χ3v) is 5.91. The quantitative estimate of drug-likeness (QED) is 0.763. The van der Waals surface area contributed by atoms with Crippen LogP contribution in [0.1, 0.15) is 31.2 Å². The van der Waals surface area contributed by atoms with Crippen molar-refractivity contribution in [1.29, 1.82) is 0 Å². The van der Waals surface area contributed by atoms with E-state index in [1.807, 2.05) is 17.0 Å². The highest BCUT2D eigenvalue weighted by Gasteiger charge is 2.47. The van der Waals surface area contributed by atoms with E-state index in [9.17, 15) is 4.79 Å². The van der Waals surface area contributed by atoms with E-state index in [-0.39, 0.29) is 24.2 Å². The van der Waals surface area contributed by atoms with Crippen LogP contribution in [0.4, 0.5) is 0 Å². The molecule has 3 fully saturated rings. The topological polar surface area (TPSA) is 51.2 Å². The second-order valence-corrected chi connectivity index (χ2v) is 8.04. The highest BCUT2D eigenvalue weighted by atomic mass is 16.5. The third kappa shape index (κ3) is 4.45. The van der Waals surface area contributed by atoms with E-state index in [4.69, 9.17) is 14.2 Å². The fourth-order valence-corrected chi connectivity index (χ4v) is 4.50. The monoisotopic (exact) mass is 374 g/mol. The van der Waals surface area contributed by atoms with Gasteiger partial charge in [0.25, 0.3) is 0 Å². The maximum atomic E-state index is 12.2. The molecule has 0 N–H and O–H groups in total. The molecule has 3 saturated heterocycles. The maximum absolute atomic E-state index is 12.2. The molecule has 1 amide bonds. The number of hydrogen-bond donors (Lipinski definition) is 0. The predicted molar refractivity (Wildman–Crippen MR) is 102 cm³/mol. The SMILES string of the molecule is COc1cccc(CN2CC3(CC(OCC(=O)N4CCCC4)CCO3)C2)c1. The Morgan fingerprint density at radius 2 is 2.11 bits per heavy atom. The van der Waals surface area contributed by atoms with Crippen molar-refractivity contribution in [3.05, 3.63) is 29.8 Å². The van der Waals surface area contributed by atoms with Crippen molar-refractivity contribution >= 4 is 5.91 Å². The van der Waals surface area contributed by atoms with Crippen molar-refractivity contribution in [2.24, 2.45) is 0 Å². The summed E-state index contributed by atoms with van der Waals surface area (Å²) in [7, 11) is 1.70. The molecule has 1 atom stereocenters. The van der Waals surface area contributed by atoms with E-state index in [1.54, 1.807) is 7.11 Å². The first-order chi connectivity index (χ1) is 13.2. The average Bonchev–Trinajstić information content (AvgIpc) is 3.20. The Bertz CT molecular complexity index is 653. The van der Waals surface area contributed by atoms with Crippen LogP contribution in [-0.2, 0) is 20.8 Å². The molecule has 3 aliphatic heterocycles. The lowest BCUT2D eigenvalue weighted by Gasteiger charge is -2.53. The minimum atomic E-state index is -0.0987. The first-order valence-electron chi connectivity index (χ1n) is 10.0. The van der Waals surface area contributed by atoms with E-state index in [0.717, 1.165) is 70.8 Å². The van der Waals surface area contributed by atoms with Crippen LogP contribution < -0.4 is 4.74 Å². The molecule has 1 spiro atoms. The summed E-state index contributed by atoms with van der Waals surface area (Å²) < 4.78 is 17.4. The molecule has 1 aromatic rings. The lowest BCUT2D eigenvalue weighted by molar-refractivity contribution is -0.200. The van der Waals surface area contributed by atoms with E-state index in [2.05, 4.69) is 17.0 Å². The summed E-state index contributed by atoms with van der Waals surface area (Å²) in [6, 6.07) is 8.21. The van der Waals surface area contributed by atoms with Crippen molar-refractivity contribution in [2.75, 3.05) is 46.5 Å². The van der Waals surface area contributed by atoms with Gasteiger partial charge in [0.1, 0.15) is 12.4 Å². The van der Waals surface area contributed by atoms with Crippen molar-refractivity contribution in [1.82, 2.24) is 9.80 Å². The van der Waals surface area contributed by atoms with Gasteiger partial charge in [0.2, 0.25) is 5.91 Å². The number of amides is 1. The van der Waals surface area contributed by atoms with E-state index in [1.165, 1.54) is 5.56 Å². The number of methoxy groups -OCH3 is 1. The molecule has 0 aliphatic carbocycles. The van der Waals surface area contributed by atoms with E-state index in [0.29, 0.717) is 0 Å². The highest BCUT2D eigenvalue weighted by molar-refractivity contribution is 5.77. The number of carbonyl (C=O) groups is 1. The molecule has 6 nitrogen and oxygen atoms in total. The minimum absolute atomic E-state index is 0.0987. The lowest BCUT2D eigenvalue weighted by Crippen LogP contribution is -2.65. The molecule has 0 saturated carbocycles. The average molecular weight is 374 g/mol. The summed E-state index contributed by atoms with van der Waals surface area (Å²) in [4.78, 5) is 16.5. The number of rotatable bonds is 6. The maximum Gasteiger partial charge on any atom is 0.248 e. The molecule has 1 unspecified atom stereocenters. The summed E-state index contributed by atoms with van der Waals surface area (Å²) in [5.74, 6) is 1.04. The van der Waals surface area contributed by atoms with Gasteiger partial charge in [-0.1, -0.05) is 12.1 Å². The molecule has 148 valence electrons. The molecular weight excluding hydrogens is 344 g/mol. The molecule has 27 heavy (non-hydrogen) atoms. The van der Waals surface area contributed by atoms with Crippen LogP contribution in [-0.4, -0.2) is 73.9 Å². The van der Waals surface area contributed by atoms with Gasteiger partial charge in [0.05, 0.1) is 18.8 Å². The zero-order valence-corrected chi connectivity index (χ0v) is 16.2. The van der Waals surface area contributed by atoms with E-state index < -0.39 is 0 Å². The fourth-order valence-electron chi connectivity index (χ4n) is 4.50. The van der Waals surface area contributed by atoms with Gasteiger partial charge in [0.15, 0.2) is 0 Å². The molecule has 6 heteroatoms. The largest absolute Gasteiger partial charge is 0.497 e. The van der Waals surface area contributed by atoms with Crippen LogP contribution in [0.3, 0.4) is 0 Å². The Morgan fingerprint density at radius 3 is 2.89 bits per heavy atom. The fraction of sp³-hybridized carbons (Fsp3) is 0.667. The van der Waals surface area contributed by atoms with Crippen LogP contribution in [0, 0.1) is 0 Å². The van der Waals surface area contributed by atoms with Crippen molar-refractivity contribution in [3.63, 3.8) is 0 Å². The molecule has 4 rings (SSSR count). The molecule has 0 bridgehead atoms. The number of hydrogen-bond acceptors (Lipinski definition) is 5. The van der Waals surface area contributed by atoms with Gasteiger partial charge in [-0.2, -0.15) is 0 Å². The second-order valence-electron chi connectivity index (χ2n) is 8.04. The van der Waals surface area contributed by atoms with Crippen molar-refractivity contribution in [3.8, 4) is 5.75 Å². The first-order valence-corrected chi connectivity index (χ1v) is 10.0. The first kappa shape index (κ1) is 18.7. The smallest absolute Gasteiger partial charge is 0.248 e. The summed E-state index contributed by atoms with van der Waals surface area (Å²) in [6.45, 7) is 5.46. The van der Waals surface area contributed by atoms with Gasteiger partial charge in [-0.25, -0.2) is 0 Å². The summed E-state index contributed by atoms with van der Waals surface area (Å²) in [5.41, 5.74) is 1.15. The second kappa shape index (κ2) is 8.17. The number of carbonyl (C=O) groups excluding carboxylic acids is 1. The molecule has 1 aromatic carbocycles. The van der Waals surface area contributed by atoms with Crippen LogP contribution in [0.5, 0.6) is 5.75 Å². The van der Waals surface area contributed by atoms with Crippen molar-refractivity contribution < 1.29 is 19.0 Å². The Labute approximate surface area is 161 Å². The Hall–Kier alpha value is -1.63. The van der Waals surface area contributed by atoms with Gasteiger partial charge < -0.3 is 19.1 Å². The van der Waals surface area contributed by atoms with Crippen LogP contribution in [0.2, 0.25) is 0 Å². The van der Waals surface area contributed by atoms with Crippen LogP contribution in [0.25, 0.3) is 0 Å². The van der Waals surface area contributed by atoms with Gasteiger partial charge in [-0.3, -0.25) is 9.69 Å². The van der Waals surface area contributed by atoms with E-state index >= 15 is 0 Å². The zero-order chi connectivity index (χ0) is 18.7. The summed E-state index contributed by atoms with van der Waals surface area (Å²) in [6.07, 6.45) is 4.13. The Balaban J connectivity index is 1.23. The molecular formula is C21H30N2O4. The highest BCUT2D eigenvalue weighted by Crippen LogP contribution is 2.36. The third-order valence-electron chi connectivity index (χ3n) is 5.91. The Morgan fingerprint density at radius 1 is 1.30 bits per heavy atom. The summed E-state index contributed by atoms with van der Waals surface area (Å²) in [5, 5.41) is 0. The normalized spacial score (nSPS) is 24.8. The number of nitrogens with zero attached hydrogens (tertiary/aromatic N) is 2. The number of ether oxygens (including phenoxy) is 3. The lowest BCUT2D eigenvalue weighted by atomic mass is 9.84. The Kier molecular flexibility index (Phi) is 5.66. The number of benzene rings is 1. The van der Waals surface area contributed by atoms with Gasteiger partial charge in [0, 0.05) is 45.8 Å². The zero-order valence-electron chi connectivity index (χ0n) is 16.2. The summed E-state index contributed by atoms with van der Waals surface area (Å²) >= 11 is 0.